The van der Waals surface area contributed by atoms with Gasteiger partial charge in [-0.15, -0.1) is 0 Å². The number of carbonyl (C=O) groups is 3. The van der Waals surface area contributed by atoms with E-state index in [-0.39, 0.29) is 25.9 Å². The zero-order valence-electron chi connectivity index (χ0n) is 47.3. The van der Waals surface area contributed by atoms with E-state index in [4.69, 9.17) is 23.3 Å². The fourth-order valence-corrected chi connectivity index (χ4v) is 8.92. The maximum absolute atomic E-state index is 12.9. The van der Waals surface area contributed by atoms with E-state index < -0.39 is 57.8 Å². The lowest BCUT2D eigenvalue weighted by atomic mass is 10.0. The molecule has 0 aliphatic rings. The van der Waals surface area contributed by atoms with Crippen molar-refractivity contribution in [3.8, 4) is 0 Å². The second kappa shape index (κ2) is 56.1. The molecule has 0 saturated carbocycles. The number of unbranched alkanes of at least 4 members (excludes halogenated alkanes) is 27. The van der Waals surface area contributed by atoms with Crippen LogP contribution in [0.5, 0.6) is 0 Å². The molecule has 0 aromatic carbocycles. The van der Waals surface area contributed by atoms with Gasteiger partial charge in [-0.1, -0.05) is 248 Å². The number of aliphatic hydroxyl groups excluding tert-OH is 1. The minimum absolute atomic E-state index is 0.0644. The van der Waals surface area contributed by atoms with E-state index in [1.54, 1.807) is 6.08 Å². The summed E-state index contributed by atoms with van der Waals surface area (Å²) in [6.45, 7) is 4.44. The molecule has 0 heterocycles. The van der Waals surface area contributed by atoms with Gasteiger partial charge in [-0.05, 0) is 70.6 Å². The first-order valence-electron chi connectivity index (χ1n) is 29.8. The monoisotopic (exact) mass is 1060 g/mol. The van der Waals surface area contributed by atoms with Crippen molar-refractivity contribution in [2.24, 2.45) is 0 Å². The van der Waals surface area contributed by atoms with Crippen LogP contribution in [0.2, 0.25) is 0 Å². The molecule has 3 unspecified atom stereocenters. The molecule has 11 nitrogen and oxygen atoms in total. The van der Waals surface area contributed by atoms with Gasteiger partial charge in [-0.2, -0.15) is 0 Å². The zero-order valence-corrected chi connectivity index (χ0v) is 48.2. The quantitative estimate of drug-likeness (QED) is 0.0197. The van der Waals surface area contributed by atoms with Gasteiger partial charge in [-0.25, -0.2) is 4.57 Å². The molecule has 0 aliphatic carbocycles. The number of carbonyl (C=O) groups excluding carboxylic acids is 3. The van der Waals surface area contributed by atoms with Crippen LogP contribution in [0.3, 0.4) is 0 Å². The topological polar surface area (TPSA) is 155 Å². The Kier molecular flexibility index (Phi) is 53.8. The summed E-state index contributed by atoms with van der Waals surface area (Å²) in [5.41, 5.74) is 0. The maximum Gasteiger partial charge on any atom is 0.472 e. The lowest BCUT2D eigenvalue weighted by molar-refractivity contribution is -0.160. The van der Waals surface area contributed by atoms with Crippen molar-refractivity contribution in [1.29, 1.82) is 0 Å². The molecule has 0 aromatic rings. The second-order valence-corrected chi connectivity index (χ2v) is 21.3. The van der Waals surface area contributed by atoms with E-state index in [0.717, 1.165) is 83.5 Å². The van der Waals surface area contributed by atoms with Crippen LogP contribution in [0.25, 0.3) is 0 Å². The Morgan fingerprint density at radius 1 is 0.405 bits per heavy atom. The van der Waals surface area contributed by atoms with Gasteiger partial charge in [0.1, 0.15) is 12.7 Å². The highest BCUT2D eigenvalue weighted by molar-refractivity contribution is 7.47. The zero-order chi connectivity index (χ0) is 54.1. The van der Waals surface area contributed by atoms with E-state index in [2.05, 4.69) is 75.5 Å². The fourth-order valence-electron chi connectivity index (χ4n) is 8.13. The van der Waals surface area contributed by atoms with Gasteiger partial charge < -0.3 is 24.2 Å². The van der Waals surface area contributed by atoms with Gasteiger partial charge in [0.25, 0.3) is 0 Å². The summed E-state index contributed by atoms with van der Waals surface area (Å²) >= 11 is 0. The summed E-state index contributed by atoms with van der Waals surface area (Å²) in [5.74, 6) is -1.62. The molecule has 0 radical (unpaired) electrons. The molecule has 0 saturated heterocycles. The van der Waals surface area contributed by atoms with Crippen LogP contribution in [0.1, 0.15) is 265 Å². The summed E-state index contributed by atoms with van der Waals surface area (Å²) in [6, 6.07) is 0. The number of allylic oxidation sites excluding steroid dienone is 11. The van der Waals surface area contributed by atoms with Crippen LogP contribution < -0.4 is 0 Å². The number of hydrogen-bond donors (Lipinski definition) is 2. The first-order chi connectivity index (χ1) is 36.2. The van der Waals surface area contributed by atoms with E-state index >= 15 is 0 Å². The van der Waals surface area contributed by atoms with Crippen LogP contribution in [-0.2, 0) is 42.2 Å². The average molecular weight is 1060 g/mol. The van der Waals surface area contributed by atoms with Crippen LogP contribution in [0.15, 0.2) is 72.9 Å². The smallest absolute Gasteiger partial charge is 0.462 e. The van der Waals surface area contributed by atoms with Crippen LogP contribution in [0.4, 0.5) is 0 Å². The van der Waals surface area contributed by atoms with Gasteiger partial charge in [0.2, 0.25) is 0 Å². The molecular weight excluding hydrogens is 952 g/mol. The SMILES string of the molecule is CC/C=C\C/C=C\C/C=C\C/C=C\C/C=C\CC(=O)OC(COC(=O)CCCCCCCCCCCCCCCCCCC)COP(=O)(O)OCC(CO)OC(=O)CCCCCCC/C=C\CCCCCCCC. The highest BCUT2D eigenvalue weighted by Crippen LogP contribution is 2.43. The molecule has 0 bridgehead atoms. The van der Waals surface area contributed by atoms with Crippen molar-refractivity contribution in [2.75, 3.05) is 26.4 Å². The first kappa shape index (κ1) is 70.9. The molecule has 0 amide bonds. The van der Waals surface area contributed by atoms with E-state index in [0.29, 0.717) is 19.3 Å². The summed E-state index contributed by atoms with van der Waals surface area (Å²) in [7, 11) is -4.77. The van der Waals surface area contributed by atoms with Gasteiger partial charge in [-0.3, -0.25) is 23.4 Å². The lowest BCUT2D eigenvalue weighted by Crippen LogP contribution is -2.30. The third-order valence-electron chi connectivity index (χ3n) is 12.6. The van der Waals surface area contributed by atoms with Crippen LogP contribution in [-0.4, -0.2) is 66.5 Å². The number of esters is 3. The normalized spacial score (nSPS) is 13.9. The molecule has 74 heavy (non-hydrogen) atoms. The Labute approximate surface area is 452 Å². The minimum Gasteiger partial charge on any atom is -0.462 e. The van der Waals surface area contributed by atoms with Crippen molar-refractivity contribution in [3.63, 3.8) is 0 Å². The predicted octanol–water partition coefficient (Wildman–Crippen LogP) is 17.7. The fraction of sp³-hybridized carbons (Fsp3) is 0.758. The molecule has 0 spiro atoms. The highest BCUT2D eigenvalue weighted by atomic mass is 31.2. The Bertz CT molecular complexity index is 1520. The summed E-state index contributed by atoms with van der Waals surface area (Å²) in [6.07, 6.45) is 63.2. The molecule has 3 atom stereocenters. The Morgan fingerprint density at radius 2 is 0.757 bits per heavy atom. The number of hydrogen-bond acceptors (Lipinski definition) is 10. The summed E-state index contributed by atoms with van der Waals surface area (Å²) in [4.78, 5) is 48.5. The third kappa shape index (κ3) is 53.7. The summed E-state index contributed by atoms with van der Waals surface area (Å²) in [5, 5.41) is 9.82. The molecule has 0 aromatic heterocycles. The molecule has 2 N–H and O–H groups in total. The lowest BCUT2D eigenvalue weighted by Gasteiger charge is -2.21. The predicted molar refractivity (Wildman–Crippen MR) is 307 cm³/mol. The van der Waals surface area contributed by atoms with Gasteiger partial charge in [0.15, 0.2) is 6.10 Å². The molecule has 12 heteroatoms. The molecular formula is C62H109O11P. The average Bonchev–Trinajstić information content (AvgIpc) is 3.39. The number of aliphatic hydroxyl groups is 1. The van der Waals surface area contributed by atoms with Gasteiger partial charge >= 0.3 is 25.7 Å². The number of rotatable bonds is 55. The van der Waals surface area contributed by atoms with Crippen LogP contribution in [0, 0.1) is 0 Å². The largest absolute Gasteiger partial charge is 0.472 e. The molecule has 0 fully saturated rings. The second-order valence-electron chi connectivity index (χ2n) is 19.8. The van der Waals surface area contributed by atoms with E-state index in [1.807, 2.05) is 12.2 Å². The van der Waals surface area contributed by atoms with Crippen molar-refractivity contribution in [2.45, 2.75) is 277 Å². The highest BCUT2D eigenvalue weighted by Gasteiger charge is 2.28. The van der Waals surface area contributed by atoms with E-state index in [9.17, 15) is 28.9 Å². The molecule has 428 valence electrons. The van der Waals surface area contributed by atoms with Gasteiger partial charge in [0.05, 0.1) is 26.2 Å². The Morgan fingerprint density at radius 3 is 1.18 bits per heavy atom. The van der Waals surface area contributed by atoms with Crippen molar-refractivity contribution >= 4 is 25.7 Å². The first-order valence-corrected chi connectivity index (χ1v) is 31.3. The third-order valence-corrected chi connectivity index (χ3v) is 13.6. The molecule has 0 aliphatic heterocycles. The van der Waals surface area contributed by atoms with Gasteiger partial charge in [0, 0.05) is 12.8 Å². The minimum atomic E-state index is -4.77. The molecule has 0 rings (SSSR count). The Balaban J connectivity index is 4.79. The maximum atomic E-state index is 12.9. The van der Waals surface area contributed by atoms with Crippen molar-refractivity contribution in [1.82, 2.24) is 0 Å². The number of phosphoric ester groups is 1. The Hall–Kier alpha value is -3.08. The van der Waals surface area contributed by atoms with Crippen molar-refractivity contribution in [3.05, 3.63) is 72.9 Å². The standard InChI is InChI=1S/C62H109O11P/c1-4-7-10-13-16-19-22-25-28-29-32-33-36-39-42-45-48-51-60(64)69-55-59(73-62(66)53-50-47-44-41-38-35-31-27-24-21-18-15-12-9-6-3)57-71-74(67,68)70-56-58(54-63)72-61(65)52-49-46-43-40-37-34-30-26-23-20-17-14-11-8-5-2/h9,12,18,21,26-27,30-31,38,41,47,50,58-59,63H,4-8,10-11,13-17,19-20,22-25,28-29,32-37,39-40,42-46,48-49,51-57H2,1-3H3,(H,67,68)/b12-9-,21-18-,30-26-,31-27-,41-38-,50-47-. The number of ether oxygens (including phenoxy) is 3. The number of phosphoric acid groups is 1. The van der Waals surface area contributed by atoms with E-state index in [1.165, 1.54) is 122 Å². The van der Waals surface area contributed by atoms with Crippen molar-refractivity contribution < 1.29 is 52.2 Å². The van der Waals surface area contributed by atoms with Crippen LogP contribution >= 0.6 is 7.82 Å². The summed E-state index contributed by atoms with van der Waals surface area (Å²) < 4.78 is 39.4.